The summed E-state index contributed by atoms with van der Waals surface area (Å²) < 4.78 is 10.6. The van der Waals surface area contributed by atoms with E-state index in [1.807, 2.05) is 24.3 Å². The molecule has 3 rings (SSSR count). The fraction of sp³-hybridized carbons (Fsp3) is 0.500. The molecule has 9 heteroatoms. The first-order valence-electron chi connectivity index (χ1n) is 8.00. The third-order valence-corrected chi connectivity index (χ3v) is 4.25. The minimum atomic E-state index is -0.295. The van der Waals surface area contributed by atoms with Crippen molar-refractivity contribution in [2.24, 2.45) is 5.73 Å². The van der Waals surface area contributed by atoms with Gasteiger partial charge in [-0.25, -0.2) is 4.99 Å². The number of carbonyl (C=O) groups is 1. The van der Waals surface area contributed by atoms with Gasteiger partial charge in [-0.05, 0) is 24.3 Å². The molecule has 0 aromatic heterocycles. The van der Waals surface area contributed by atoms with Crippen molar-refractivity contribution in [3.63, 3.8) is 0 Å². The molecule has 1 unspecified atom stereocenters. The number of esters is 1. The van der Waals surface area contributed by atoms with Crippen LogP contribution in [-0.2, 0) is 9.53 Å². The number of nitrogens with one attached hydrogen (secondary N) is 2. The van der Waals surface area contributed by atoms with Gasteiger partial charge >= 0.3 is 12.0 Å². The van der Waals surface area contributed by atoms with Crippen molar-refractivity contribution < 1.29 is 58.1 Å². The fourth-order valence-corrected chi connectivity index (χ4v) is 3.09. The van der Waals surface area contributed by atoms with Crippen LogP contribution in [0.25, 0.3) is 0 Å². The molecule has 2 heterocycles. The number of halogens is 2. The summed E-state index contributed by atoms with van der Waals surface area (Å²) >= 11 is 0. The first-order chi connectivity index (χ1) is 11.1. The third kappa shape index (κ3) is 6.16. The Morgan fingerprint density at radius 3 is 2.48 bits per heavy atom. The fourth-order valence-electron chi connectivity index (χ4n) is 3.09. The van der Waals surface area contributed by atoms with E-state index in [-0.39, 0.29) is 46.0 Å². The Bertz CT molecular complexity index is 590. The molecular formula is C16H24Br2N4O3. The highest BCUT2D eigenvalue weighted by molar-refractivity contribution is 5.69. The van der Waals surface area contributed by atoms with Crippen molar-refractivity contribution in [2.75, 3.05) is 44.2 Å². The van der Waals surface area contributed by atoms with Gasteiger partial charge in [0, 0.05) is 12.6 Å². The SMILES string of the molecule is CC(=O)Oc1ccc(N2CC[NH+](CC3C[NH+]=C(N)O3)CC2)cc1.[Br-].[Br-]. The molecule has 2 aliphatic heterocycles. The van der Waals surface area contributed by atoms with Crippen LogP contribution in [0.4, 0.5) is 5.69 Å². The van der Waals surface area contributed by atoms with E-state index in [0.29, 0.717) is 11.8 Å². The molecule has 1 atom stereocenters. The maximum absolute atomic E-state index is 10.9. The largest absolute Gasteiger partial charge is 1.00 e. The van der Waals surface area contributed by atoms with Gasteiger partial charge in [-0.15, -0.1) is 0 Å². The number of quaternary nitrogens is 1. The van der Waals surface area contributed by atoms with Gasteiger partial charge in [0.2, 0.25) is 0 Å². The Balaban J connectivity index is 0.00000156. The minimum Gasteiger partial charge on any atom is -1.00 e. The topological polar surface area (TPSA) is 83.2 Å². The van der Waals surface area contributed by atoms with Crippen LogP contribution in [0.3, 0.4) is 0 Å². The smallest absolute Gasteiger partial charge is 0.440 e. The Morgan fingerprint density at radius 2 is 1.96 bits per heavy atom. The van der Waals surface area contributed by atoms with E-state index >= 15 is 0 Å². The Morgan fingerprint density at radius 1 is 1.32 bits per heavy atom. The number of anilines is 1. The van der Waals surface area contributed by atoms with Crippen molar-refractivity contribution in [1.82, 2.24) is 0 Å². The van der Waals surface area contributed by atoms with Gasteiger partial charge in [0.05, 0.1) is 26.2 Å². The Labute approximate surface area is 168 Å². The maximum atomic E-state index is 10.9. The molecule has 140 valence electrons. The van der Waals surface area contributed by atoms with Gasteiger partial charge in [0.15, 0.2) is 6.10 Å². The monoisotopic (exact) mass is 478 g/mol. The van der Waals surface area contributed by atoms with Crippen LogP contribution in [0.5, 0.6) is 5.75 Å². The first-order valence-corrected chi connectivity index (χ1v) is 8.00. The average molecular weight is 480 g/mol. The lowest BCUT2D eigenvalue weighted by atomic mass is 10.2. The summed E-state index contributed by atoms with van der Waals surface area (Å²) in [5, 5.41) is 0. The molecule has 0 bridgehead atoms. The molecule has 25 heavy (non-hydrogen) atoms. The summed E-state index contributed by atoms with van der Waals surface area (Å²) in [5.41, 5.74) is 6.77. The van der Waals surface area contributed by atoms with Crippen molar-refractivity contribution in [2.45, 2.75) is 13.0 Å². The quantitative estimate of drug-likeness (QED) is 0.295. The number of hydrogen-bond acceptors (Lipinski definition) is 5. The number of ether oxygens (including phenoxy) is 2. The molecular weight excluding hydrogens is 456 g/mol. The van der Waals surface area contributed by atoms with E-state index < -0.39 is 0 Å². The number of hydrogen-bond donors (Lipinski definition) is 3. The molecule has 0 spiro atoms. The van der Waals surface area contributed by atoms with Gasteiger partial charge in [-0.3, -0.25) is 10.5 Å². The lowest BCUT2D eigenvalue weighted by Crippen LogP contribution is -3.16. The number of carbonyl (C=O) groups excluding carboxylic acids is 1. The van der Waals surface area contributed by atoms with Gasteiger partial charge in [0.25, 0.3) is 0 Å². The summed E-state index contributed by atoms with van der Waals surface area (Å²) in [6.45, 7) is 7.34. The zero-order valence-electron chi connectivity index (χ0n) is 14.1. The molecule has 0 amide bonds. The summed E-state index contributed by atoms with van der Waals surface area (Å²) in [6.07, 6.45) is 0.180. The summed E-state index contributed by atoms with van der Waals surface area (Å²) in [6, 6.07) is 8.13. The number of nitrogens with two attached hydrogens (primary N) is 1. The third-order valence-electron chi connectivity index (χ3n) is 4.25. The number of nitrogens with zero attached hydrogens (tertiary/aromatic N) is 1. The van der Waals surface area contributed by atoms with E-state index in [1.54, 1.807) is 4.90 Å². The maximum Gasteiger partial charge on any atom is 0.440 e. The molecule has 7 nitrogen and oxygen atoms in total. The van der Waals surface area contributed by atoms with Gasteiger partial charge < -0.3 is 53.2 Å². The summed E-state index contributed by atoms with van der Waals surface area (Å²) in [5.74, 6) is 0.293. The summed E-state index contributed by atoms with van der Waals surface area (Å²) in [4.78, 5) is 17.9. The van der Waals surface area contributed by atoms with Crippen LogP contribution in [0.15, 0.2) is 24.3 Å². The standard InChI is InChI=1S/C16H22N4O3.2BrH/c1-12(21)22-14-4-2-13(3-5-14)20-8-6-19(7-9-20)11-15-10-18-16(17)23-15;;/h2-5,15H,6-11H2,1H3,(H2,17,18);2*1H. The van der Waals surface area contributed by atoms with E-state index in [9.17, 15) is 4.79 Å². The predicted molar refractivity (Wildman–Crippen MR) is 85.4 cm³/mol. The molecule has 0 radical (unpaired) electrons. The molecule has 0 saturated carbocycles. The van der Waals surface area contributed by atoms with Crippen LogP contribution in [0, 0.1) is 0 Å². The molecule has 2 aliphatic rings. The van der Waals surface area contributed by atoms with Gasteiger partial charge in [-0.2, -0.15) is 0 Å². The second-order valence-corrected chi connectivity index (χ2v) is 6.01. The lowest BCUT2D eigenvalue weighted by molar-refractivity contribution is -0.903. The zero-order valence-corrected chi connectivity index (χ0v) is 17.3. The van der Waals surface area contributed by atoms with Crippen LogP contribution in [0.2, 0.25) is 0 Å². The van der Waals surface area contributed by atoms with Crippen LogP contribution < -0.4 is 59.2 Å². The summed E-state index contributed by atoms with van der Waals surface area (Å²) in [7, 11) is 0. The van der Waals surface area contributed by atoms with Crippen molar-refractivity contribution in [1.29, 1.82) is 0 Å². The Hall–Kier alpha value is -1.32. The highest BCUT2D eigenvalue weighted by atomic mass is 79.9. The van der Waals surface area contributed by atoms with Crippen molar-refractivity contribution in [3.05, 3.63) is 24.3 Å². The Kier molecular flexibility index (Phi) is 8.67. The number of amidine groups is 1. The normalized spacial score (nSPS) is 20.0. The number of piperazine rings is 1. The predicted octanol–water partition coefficient (Wildman–Crippen LogP) is -8.88. The highest BCUT2D eigenvalue weighted by Crippen LogP contribution is 2.19. The van der Waals surface area contributed by atoms with E-state index in [2.05, 4.69) is 9.89 Å². The highest BCUT2D eigenvalue weighted by Gasteiger charge is 2.29. The van der Waals surface area contributed by atoms with E-state index in [1.165, 1.54) is 6.92 Å². The first kappa shape index (κ1) is 21.7. The van der Waals surface area contributed by atoms with Crippen molar-refractivity contribution >= 4 is 17.7 Å². The molecule has 4 N–H and O–H groups in total. The zero-order chi connectivity index (χ0) is 16.2. The number of rotatable bonds is 4. The van der Waals surface area contributed by atoms with Crippen LogP contribution in [-0.4, -0.2) is 57.4 Å². The van der Waals surface area contributed by atoms with Crippen LogP contribution in [0.1, 0.15) is 6.92 Å². The molecule has 1 aromatic rings. The lowest BCUT2D eigenvalue weighted by Gasteiger charge is -2.34. The molecule has 1 aromatic carbocycles. The average Bonchev–Trinajstić information content (AvgIpc) is 2.93. The minimum absolute atomic E-state index is 0. The van der Waals surface area contributed by atoms with E-state index in [4.69, 9.17) is 15.2 Å². The molecule has 0 aliphatic carbocycles. The second kappa shape index (κ2) is 9.98. The van der Waals surface area contributed by atoms with Crippen molar-refractivity contribution in [3.8, 4) is 5.75 Å². The van der Waals surface area contributed by atoms with Gasteiger partial charge in [-0.1, -0.05) is 0 Å². The van der Waals surface area contributed by atoms with Gasteiger partial charge in [0.1, 0.15) is 18.8 Å². The van der Waals surface area contributed by atoms with E-state index in [0.717, 1.165) is 45.0 Å². The van der Waals surface area contributed by atoms with Crippen LogP contribution >= 0.6 is 0 Å². The molecule has 1 fully saturated rings. The second-order valence-electron chi connectivity index (χ2n) is 6.01. The molecule has 1 saturated heterocycles. The number of benzene rings is 1.